The number of para-hydroxylation sites is 1. The lowest BCUT2D eigenvalue weighted by atomic mass is 10.1. The second kappa shape index (κ2) is 5.54. The maximum absolute atomic E-state index is 13.2. The number of aromatic carboxylic acids is 1. The van der Waals surface area contributed by atoms with E-state index in [0.717, 1.165) is 0 Å². The van der Waals surface area contributed by atoms with Crippen molar-refractivity contribution in [3.63, 3.8) is 0 Å². The lowest BCUT2D eigenvalue weighted by molar-refractivity contribution is 0.0698. The van der Waals surface area contributed by atoms with Gasteiger partial charge in [-0.05, 0) is 30.3 Å². The van der Waals surface area contributed by atoms with Gasteiger partial charge in [-0.1, -0.05) is 36.0 Å². The van der Waals surface area contributed by atoms with E-state index in [4.69, 9.17) is 0 Å². The summed E-state index contributed by atoms with van der Waals surface area (Å²) >= 11 is 1.23. The van der Waals surface area contributed by atoms with Crippen molar-refractivity contribution >= 4 is 28.6 Å². The van der Waals surface area contributed by atoms with E-state index in [9.17, 15) is 14.3 Å². The summed E-state index contributed by atoms with van der Waals surface area (Å²) in [4.78, 5) is 16.5. The number of carbonyl (C=O) groups is 1. The molecule has 0 spiro atoms. The predicted molar refractivity (Wildman–Crippen MR) is 79.2 cm³/mol. The first-order chi connectivity index (χ1) is 10.1. The highest BCUT2D eigenvalue weighted by molar-refractivity contribution is 7.99. The van der Waals surface area contributed by atoms with Gasteiger partial charge >= 0.3 is 5.97 Å². The van der Waals surface area contributed by atoms with Crippen LogP contribution in [0.2, 0.25) is 0 Å². The molecule has 0 saturated heterocycles. The van der Waals surface area contributed by atoms with Gasteiger partial charge in [-0.15, -0.1) is 0 Å². The molecule has 0 radical (unpaired) electrons. The van der Waals surface area contributed by atoms with Gasteiger partial charge < -0.3 is 5.11 Å². The lowest BCUT2D eigenvalue weighted by Gasteiger charge is -2.06. The third kappa shape index (κ3) is 2.87. The first-order valence-corrected chi connectivity index (χ1v) is 7.01. The summed E-state index contributed by atoms with van der Waals surface area (Å²) in [6.45, 7) is 0. The Morgan fingerprint density at radius 1 is 1.10 bits per heavy atom. The first kappa shape index (κ1) is 13.6. The van der Waals surface area contributed by atoms with Gasteiger partial charge in [-0.3, -0.25) is 0 Å². The summed E-state index contributed by atoms with van der Waals surface area (Å²) in [7, 11) is 0. The number of aromatic nitrogens is 1. The van der Waals surface area contributed by atoms with Gasteiger partial charge in [0.25, 0.3) is 0 Å². The fraction of sp³-hybridized carbons (Fsp3) is 0. The molecular formula is C16H10FNO2S. The van der Waals surface area contributed by atoms with Crippen LogP contribution < -0.4 is 0 Å². The second-order valence-corrected chi connectivity index (χ2v) is 5.48. The van der Waals surface area contributed by atoms with E-state index in [1.54, 1.807) is 36.4 Å². The van der Waals surface area contributed by atoms with Gasteiger partial charge in [0.05, 0.1) is 11.1 Å². The molecule has 1 N–H and O–H groups in total. The highest BCUT2D eigenvalue weighted by atomic mass is 32.2. The van der Waals surface area contributed by atoms with Gasteiger partial charge in [0.2, 0.25) is 0 Å². The van der Waals surface area contributed by atoms with Crippen LogP contribution in [-0.2, 0) is 0 Å². The zero-order valence-electron chi connectivity index (χ0n) is 10.8. The Balaban J connectivity index is 2.09. The van der Waals surface area contributed by atoms with Crippen molar-refractivity contribution in [2.75, 3.05) is 0 Å². The van der Waals surface area contributed by atoms with E-state index in [1.807, 2.05) is 0 Å². The number of benzene rings is 2. The Kier molecular flexibility index (Phi) is 3.58. The Bertz CT molecular complexity index is 835. The summed E-state index contributed by atoms with van der Waals surface area (Å²) in [5, 5.41) is 10.4. The van der Waals surface area contributed by atoms with Crippen LogP contribution in [0.3, 0.4) is 0 Å². The highest BCUT2D eigenvalue weighted by Gasteiger charge is 2.12. The van der Waals surface area contributed by atoms with E-state index >= 15 is 0 Å². The average Bonchev–Trinajstić information content (AvgIpc) is 2.46. The molecule has 0 saturated carbocycles. The van der Waals surface area contributed by atoms with Crippen LogP contribution in [0.15, 0.2) is 64.5 Å². The molecule has 3 aromatic rings. The number of pyridine rings is 1. The lowest BCUT2D eigenvalue weighted by Crippen LogP contribution is -1.99. The molecule has 0 aliphatic heterocycles. The zero-order chi connectivity index (χ0) is 14.8. The Labute approximate surface area is 124 Å². The van der Waals surface area contributed by atoms with E-state index < -0.39 is 5.97 Å². The fourth-order valence-electron chi connectivity index (χ4n) is 2.03. The fourth-order valence-corrected chi connectivity index (χ4v) is 2.91. The number of hydrogen-bond acceptors (Lipinski definition) is 3. The molecule has 0 unspecified atom stereocenters. The SMILES string of the molecule is O=C(O)c1cc(Sc2cccc(F)c2)nc2ccccc12. The standard InChI is InChI=1S/C16H10FNO2S/c17-10-4-3-5-11(8-10)21-15-9-13(16(19)20)12-6-1-2-7-14(12)18-15/h1-9H,(H,19,20). The van der Waals surface area contributed by atoms with Crippen molar-refractivity contribution in [2.45, 2.75) is 9.92 Å². The van der Waals surface area contributed by atoms with Crippen LogP contribution in [0.5, 0.6) is 0 Å². The maximum atomic E-state index is 13.2. The summed E-state index contributed by atoms with van der Waals surface area (Å²) in [5.41, 5.74) is 0.802. The van der Waals surface area contributed by atoms with Gasteiger partial charge in [0.15, 0.2) is 0 Å². The topological polar surface area (TPSA) is 50.2 Å². The Morgan fingerprint density at radius 2 is 1.90 bits per heavy atom. The van der Waals surface area contributed by atoms with Crippen molar-refractivity contribution in [1.82, 2.24) is 4.98 Å². The molecule has 0 amide bonds. The van der Waals surface area contributed by atoms with Gasteiger partial charge in [-0.2, -0.15) is 0 Å². The molecule has 1 heterocycles. The van der Waals surface area contributed by atoms with Gasteiger partial charge in [0.1, 0.15) is 10.8 Å². The number of rotatable bonds is 3. The number of carboxylic acids is 1. The Morgan fingerprint density at radius 3 is 2.67 bits per heavy atom. The van der Waals surface area contributed by atoms with Gasteiger partial charge in [0, 0.05) is 10.3 Å². The molecular weight excluding hydrogens is 289 g/mol. The first-order valence-electron chi connectivity index (χ1n) is 6.20. The molecule has 0 atom stereocenters. The van der Waals surface area contributed by atoms with Crippen LogP contribution >= 0.6 is 11.8 Å². The predicted octanol–water partition coefficient (Wildman–Crippen LogP) is 4.22. The zero-order valence-corrected chi connectivity index (χ0v) is 11.6. The molecule has 0 aliphatic carbocycles. The highest BCUT2D eigenvalue weighted by Crippen LogP contribution is 2.30. The molecule has 0 aliphatic rings. The monoisotopic (exact) mass is 299 g/mol. The quantitative estimate of drug-likeness (QED) is 0.786. The van der Waals surface area contributed by atoms with E-state index in [0.29, 0.717) is 20.8 Å². The molecule has 21 heavy (non-hydrogen) atoms. The van der Waals surface area contributed by atoms with Crippen LogP contribution in [0.25, 0.3) is 10.9 Å². The van der Waals surface area contributed by atoms with E-state index in [2.05, 4.69) is 4.98 Å². The smallest absolute Gasteiger partial charge is 0.336 e. The number of carboxylic acid groups (broad SMARTS) is 1. The number of nitrogens with zero attached hydrogens (tertiary/aromatic N) is 1. The minimum atomic E-state index is -1.00. The molecule has 2 aromatic carbocycles. The molecule has 3 nitrogen and oxygen atoms in total. The molecule has 1 aromatic heterocycles. The molecule has 3 rings (SSSR count). The summed E-state index contributed by atoms with van der Waals surface area (Å²) in [6.07, 6.45) is 0. The average molecular weight is 299 g/mol. The van der Waals surface area contributed by atoms with Gasteiger partial charge in [-0.25, -0.2) is 14.2 Å². The normalized spacial score (nSPS) is 10.7. The maximum Gasteiger partial charge on any atom is 0.336 e. The Hall–Kier alpha value is -2.40. The molecule has 0 fully saturated rings. The number of fused-ring (bicyclic) bond motifs is 1. The third-order valence-electron chi connectivity index (χ3n) is 2.94. The van der Waals surface area contributed by atoms with Crippen molar-refractivity contribution in [3.05, 3.63) is 66.0 Å². The number of hydrogen-bond donors (Lipinski definition) is 1. The van der Waals surface area contributed by atoms with Crippen LogP contribution in [0.4, 0.5) is 4.39 Å². The van der Waals surface area contributed by atoms with Crippen molar-refractivity contribution in [1.29, 1.82) is 0 Å². The van der Waals surface area contributed by atoms with Crippen molar-refractivity contribution < 1.29 is 14.3 Å². The van der Waals surface area contributed by atoms with Crippen LogP contribution in [0, 0.1) is 5.82 Å². The summed E-state index contributed by atoms with van der Waals surface area (Å²) < 4.78 is 13.2. The van der Waals surface area contributed by atoms with Crippen molar-refractivity contribution in [2.24, 2.45) is 0 Å². The molecule has 104 valence electrons. The molecule has 5 heteroatoms. The van der Waals surface area contributed by atoms with E-state index in [-0.39, 0.29) is 11.4 Å². The third-order valence-corrected chi connectivity index (χ3v) is 3.85. The van der Waals surface area contributed by atoms with Crippen molar-refractivity contribution in [3.8, 4) is 0 Å². The minimum Gasteiger partial charge on any atom is -0.478 e. The summed E-state index contributed by atoms with van der Waals surface area (Å²) in [5.74, 6) is -1.34. The second-order valence-electron chi connectivity index (χ2n) is 4.39. The van der Waals surface area contributed by atoms with Crippen LogP contribution in [0.1, 0.15) is 10.4 Å². The number of halogens is 1. The van der Waals surface area contributed by atoms with Crippen LogP contribution in [-0.4, -0.2) is 16.1 Å². The summed E-state index contributed by atoms with van der Waals surface area (Å²) in [6, 6.07) is 14.7. The largest absolute Gasteiger partial charge is 0.478 e. The van der Waals surface area contributed by atoms with E-state index in [1.165, 1.54) is 30.0 Å². The minimum absolute atomic E-state index is 0.194. The molecule has 0 bridgehead atoms.